The zero-order chi connectivity index (χ0) is 22.2. The van der Waals surface area contributed by atoms with Crippen LogP contribution in [-0.4, -0.2) is 20.9 Å². The van der Waals surface area contributed by atoms with E-state index in [0.717, 1.165) is 12.1 Å². The molecule has 0 saturated carbocycles. The Labute approximate surface area is 178 Å². The molecule has 31 heavy (non-hydrogen) atoms. The van der Waals surface area contributed by atoms with Gasteiger partial charge < -0.3 is 9.84 Å². The van der Waals surface area contributed by atoms with Crippen LogP contribution in [0.3, 0.4) is 0 Å². The van der Waals surface area contributed by atoms with Crippen LogP contribution in [0.5, 0.6) is 11.6 Å². The Balaban J connectivity index is 1.92. The minimum absolute atomic E-state index is 0.0745. The van der Waals surface area contributed by atoms with Gasteiger partial charge in [0, 0.05) is 23.4 Å². The van der Waals surface area contributed by atoms with Crippen LogP contribution in [0.4, 0.5) is 13.2 Å². The van der Waals surface area contributed by atoms with Gasteiger partial charge in [0.1, 0.15) is 17.4 Å². The van der Waals surface area contributed by atoms with Crippen molar-refractivity contribution in [1.29, 1.82) is 0 Å². The fourth-order valence-electron chi connectivity index (χ4n) is 3.23. The van der Waals surface area contributed by atoms with Crippen LogP contribution < -0.4 is 14.9 Å². The van der Waals surface area contributed by atoms with Crippen LogP contribution in [0, 0.1) is 0 Å². The lowest BCUT2D eigenvalue weighted by atomic mass is 10.1. The topological polar surface area (TPSA) is 67.7 Å². The molecular formula is C21H14ClF3N3O3+. The fourth-order valence-corrected chi connectivity index (χ4v) is 3.34. The predicted octanol–water partition coefficient (Wildman–Crippen LogP) is 3.95. The number of aromatic nitrogens is 3. The number of fused-ring (bicyclic) bond motifs is 1. The highest BCUT2D eigenvalue weighted by molar-refractivity contribution is 6.29. The first-order valence-electron chi connectivity index (χ1n) is 8.96. The van der Waals surface area contributed by atoms with Gasteiger partial charge in [-0.2, -0.15) is 8.97 Å². The zero-order valence-corrected chi connectivity index (χ0v) is 16.4. The van der Waals surface area contributed by atoms with Crippen LogP contribution >= 0.6 is 11.6 Å². The fraction of sp³-hybridized carbons (Fsp3) is 0.0952. The number of aromatic hydroxyl groups is 1. The average molecular weight is 449 g/mol. The van der Waals surface area contributed by atoms with Crippen LogP contribution in [0.2, 0.25) is 5.15 Å². The molecule has 10 heteroatoms. The summed E-state index contributed by atoms with van der Waals surface area (Å²) in [4.78, 5) is 17.1. The minimum atomic E-state index is -4.89. The largest absolute Gasteiger partial charge is 0.573 e. The van der Waals surface area contributed by atoms with E-state index < -0.39 is 23.6 Å². The molecule has 0 aliphatic heterocycles. The maximum atomic E-state index is 13.1. The Morgan fingerprint density at radius 1 is 1.13 bits per heavy atom. The molecule has 3 aromatic heterocycles. The van der Waals surface area contributed by atoms with Crippen LogP contribution in [-0.2, 0) is 6.54 Å². The van der Waals surface area contributed by atoms with Crippen molar-refractivity contribution in [1.82, 2.24) is 9.38 Å². The quantitative estimate of drug-likeness (QED) is 0.379. The highest BCUT2D eigenvalue weighted by atomic mass is 35.5. The highest BCUT2D eigenvalue weighted by Crippen LogP contribution is 2.29. The van der Waals surface area contributed by atoms with Crippen molar-refractivity contribution in [3.8, 4) is 22.8 Å². The lowest BCUT2D eigenvalue weighted by molar-refractivity contribution is -0.671. The maximum Gasteiger partial charge on any atom is 0.573 e. The standard InChI is InChI=1S/C21H13ClF3N3O3/c22-16-8-7-13(11-26-16)12-28-17-6-1-2-9-27(17)19(29)18(20(28)30)14-4-3-5-15(10-14)31-21(23,24)25/h1-11H,12H2/p+1. The lowest BCUT2D eigenvalue weighted by Crippen LogP contribution is -2.41. The lowest BCUT2D eigenvalue weighted by Gasteiger charge is -2.12. The minimum Gasteiger partial charge on any atom is -0.477 e. The zero-order valence-electron chi connectivity index (χ0n) is 15.7. The Hall–Kier alpha value is -3.59. The summed E-state index contributed by atoms with van der Waals surface area (Å²) in [6.07, 6.45) is -1.86. The van der Waals surface area contributed by atoms with E-state index in [1.807, 2.05) is 0 Å². The molecule has 0 spiro atoms. The Morgan fingerprint density at radius 2 is 1.94 bits per heavy atom. The summed E-state index contributed by atoms with van der Waals surface area (Å²) in [6, 6.07) is 13.2. The van der Waals surface area contributed by atoms with Crippen LogP contribution in [0.1, 0.15) is 5.56 Å². The molecule has 0 atom stereocenters. The van der Waals surface area contributed by atoms with E-state index >= 15 is 0 Å². The summed E-state index contributed by atoms with van der Waals surface area (Å²) in [5.74, 6) is -0.911. The number of pyridine rings is 2. The molecule has 0 amide bonds. The summed E-state index contributed by atoms with van der Waals surface area (Å²) in [6.45, 7) is 0.134. The number of hydrogen-bond donors (Lipinski definition) is 1. The predicted molar refractivity (Wildman–Crippen MR) is 106 cm³/mol. The third kappa shape index (κ3) is 4.31. The van der Waals surface area contributed by atoms with E-state index in [9.17, 15) is 23.1 Å². The van der Waals surface area contributed by atoms with Crippen molar-refractivity contribution in [3.63, 3.8) is 0 Å². The number of halogens is 4. The molecule has 0 fully saturated rings. The molecular weight excluding hydrogens is 435 g/mol. The first-order chi connectivity index (χ1) is 14.7. The Kier molecular flexibility index (Phi) is 5.28. The molecule has 1 aromatic carbocycles. The Bertz CT molecular complexity index is 1320. The summed E-state index contributed by atoms with van der Waals surface area (Å²) < 4.78 is 44.6. The van der Waals surface area contributed by atoms with E-state index in [4.69, 9.17) is 11.6 Å². The number of alkyl halides is 3. The van der Waals surface area contributed by atoms with E-state index in [1.165, 1.54) is 33.5 Å². The van der Waals surface area contributed by atoms with Gasteiger partial charge in [0.15, 0.2) is 5.56 Å². The normalized spacial score (nSPS) is 11.6. The maximum absolute atomic E-state index is 13.1. The van der Waals surface area contributed by atoms with Gasteiger partial charge in [-0.15, -0.1) is 13.2 Å². The van der Waals surface area contributed by atoms with Gasteiger partial charge in [0.2, 0.25) is 0 Å². The van der Waals surface area contributed by atoms with Crippen molar-refractivity contribution in [2.24, 2.45) is 0 Å². The van der Waals surface area contributed by atoms with Crippen molar-refractivity contribution in [2.75, 3.05) is 0 Å². The van der Waals surface area contributed by atoms with E-state index in [2.05, 4.69) is 9.72 Å². The highest BCUT2D eigenvalue weighted by Gasteiger charge is 2.32. The smallest absolute Gasteiger partial charge is 0.477 e. The molecule has 0 aliphatic carbocycles. The number of hydrogen-bond acceptors (Lipinski definition) is 4. The van der Waals surface area contributed by atoms with Gasteiger partial charge in [-0.05, 0) is 24.3 Å². The second kappa shape index (κ2) is 7.92. The van der Waals surface area contributed by atoms with Crippen LogP contribution in [0.15, 0.2) is 71.8 Å². The molecule has 1 N–H and O–H groups in total. The Morgan fingerprint density at radius 3 is 2.65 bits per heavy atom. The van der Waals surface area contributed by atoms with Crippen molar-refractivity contribution in [3.05, 3.63) is 88.1 Å². The number of rotatable bonds is 4. The van der Waals surface area contributed by atoms with Gasteiger partial charge >= 0.3 is 11.9 Å². The number of ether oxygens (including phenoxy) is 1. The van der Waals surface area contributed by atoms with Crippen molar-refractivity contribution >= 4 is 17.2 Å². The van der Waals surface area contributed by atoms with Crippen LogP contribution in [0.25, 0.3) is 16.8 Å². The van der Waals surface area contributed by atoms with Gasteiger partial charge in [0.25, 0.3) is 11.5 Å². The average Bonchev–Trinajstić information content (AvgIpc) is 2.72. The molecule has 6 nitrogen and oxygen atoms in total. The van der Waals surface area contributed by atoms with Gasteiger partial charge in [0.05, 0.1) is 6.20 Å². The second-order valence-electron chi connectivity index (χ2n) is 6.58. The molecule has 4 rings (SSSR count). The molecule has 3 heterocycles. The second-order valence-corrected chi connectivity index (χ2v) is 6.97. The van der Waals surface area contributed by atoms with Crippen molar-refractivity contribution in [2.45, 2.75) is 12.9 Å². The number of nitrogens with zero attached hydrogens (tertiary/aromatic N) is 3. The first-order valence-corrected chi connectivity index (χ1v) is 9.33. The summed E-state index contributed by atoms with van der Waals surface area (Å²) in [7, 11) is 0. The molecule has 0 unspecified atom stereocenters. The monoisotopic (exact) mass is 448 g/mol. The molecule has 0 saturated heterocycles. The molecule has 4 aromatic rings. The van der Waals surface area contributed by atoms with Gasteiger partial charge in [-0.1, -0.05) is 35.9 Å². The molecule has 158 valence electrons. The SMILES string of the molecule is O=c1c(-c2cccc(OC(F)(F)F)c2)c(O)[n+](Cc2ccc(Cl)nc2)c2ccccn12. The van der Waals surface area contributed by atoms with E-state index in [1.54, 1.807) is 30.3 Å². The third-order valence-electron chi connectivity index (χ3n) is 4.51. The molecule has 0 bridgehead atoms. The summed E-state index contributed by atoms with van der Waals surface area (Å²) in [5.41, 5.74) is 0.382. The number of benzene rings is 1. The summed E-state index contributed by atoms with van der Waals surface area (Å²) in [5, 5.41) is 11.3. The molecule has 0 radical (unpaired) electrons. The van der Waals surface area contributed by atoms with E-state index in [0.29, 0.717) is 16.4 Å². The van der Waals surface area contributed by atoms with E-state index in [-0.39, 0.29) is 17.7 Å². The van der Waals surface area contributed by atoms with Crippen molar-refractivity contribution < 1.29 is 27.6 Å². The van der Waals surface area contributed by atoms with Gasteiger partial charge in [-0.25, -0.2) is 9.78 Å². The third-order valence-corrected chi connectivity index (χ3v) is 4.74. The molecule has 0 aliphatic rings. The first kappa shape index (κ1) is 20.7. The summed E-state index contributed by atoms with van der Waals surface area (Å²) >= 11 is 5.82. The van der Waals surface area contributed by atoms with Gasteiger partial charge in [-0.3, -0.25) is 0 Å².